The number of amides is 1. The quantitative estimate of drug-likeness (QED) is 0.640. The molecule has 3 aromatic carbocycles. The number of rotatable bonds is 6. The van der Waals surface area contributed by atoms with Gasteiger partial charge in [0.1, 0.15) is 18.1 Å². The molecule has 4 rings (SSSR count). The molecule has 0 aliphatic carbocycles. The number of ether oxygens (including phenoxy) is 3. The van der Waals surface area contributed by atoms with Gasteiger partial charge in [-0.15, -0.1) is 0 Å². The van der Waals surface area contributed by atoms with Gasteiger partial charge in [-0.05, 0) is 35.9 Å². The number of nitrogens with one attached hydrogen (secondary N) is 1. The number of halogens is 1. The number of carbonyl (C=O) groups excluding carboxylic acids is 1. The van der Waals surface area contributed by atoms with Gasteiger partial charge in [-0.3, -0.25) is 4.79 Å². The largest absolute Gasteiger partial charge is 0.489 e. The molecule has 0 aromatic heterocycles. The average molecular weight is 410 g/mol. The van der Waals surface area contributed by atoms with E-state index < -0.39 is 0 Å². The van der Waals surface area contributed by atoms with Gasteiger partial charge in [-0.2, -0.15) is 0 Å². The van der Waals surface area contributed by atoms with Gasteiger partial charge >= 0.3 is 0 Å². The van der Waals surface area contributed by atoms with Crippen LogP contribution in [0.15, 0.2) is 66.7 Å². The van der Waals surface area contributed by atoms with E-state index in [1.54, 1.807) is 18.2 Å². The second-order valence-corrected chi connectivity index (χ2v) is 7.09. The van der Waals surface area contributed by atoms with E-state index in [0.29, 0.717) is 29.5 Å². The summed E-state index contributed by atoms with van der Waals surface area (Å²) in [7, 11) is 0. The highest BCUT2D eigenvalue weighted by molar-refractivity contribution is 6.30. The summed E-state index contributed by atoms with van der Waals surface area (Å²) in [6.45, 7) is 1.41. The first kappa shape index (κ1) is 19.3. The molecule has 0 radical (unpaired) electrons. The van der Waals surface area contributed by atoms with Crippen molar-refractivity contribution in [1.29, 1.82) is 0 Å². The Bertz CT molecular complexity index is 1010. The third kappa shape index (κ3) is 4.88. The van der Waals surface area contributed by atoms with Crippen molar-refractivity contribution in [3.8, 4) is 11.5 Å². The highest BCUT2D eigenvalue weighted by Crippen LogP contribution is 2.32. The van der Waals surface area contributed by atoms with Crippen molar-refractivity contribution in [3.63, 3.8) is 0 Å². The van der Waals surface area contributed by atoms with Crippen molar-refractivity contribution >= 4 is 17.5 Å². The zero-order chi connectivity index (χ0) is 20.1. The minimum Gasteiger partial charge on any atom is -0.489 e. The fourth-order valence-electron chi connectivity index (χ4n) is 3.13. The number of fused-ring (bicyclic) bond motifs is 1. The summed E-state index contributed by atoms with van der Waals surface area (Å²) in [5.41, 5.74) is 3.32. The predicted octanol–water partition coefficient (Wildman–Crippen LogP) is 4.72. The van der Waals surface area contributed by atoms with Crippen LogP contribution in [0.25, 0.3) is 0 Å². The summed E-state index contributed by atoms with van der Waals surface area (Å²) in [4.78, 5) is 12.5. The van der Waals surface area contributed by atoms with Crippen molar-refractivity contribution in [2.24, 2.45) is 0 Å². The van der Waals surface area contributed by atoms with Crippen LogP contribution in [0.2, 0.25) is 5.02 Å². The summed E-state index contributed by atoms with van der Waals surface area (Å²) >= 11 is 6.20. The number of hydrogen-bond acceptors (Lipinski definition) is 4. The van der Waals surface area contributed by atoms with Crippen molar-refractivity contribution in [1.82, 2.24) is 5.32 Å². The monoisotopic (exact) mass is 409 g/mol. The normalized spacial score (nSPS) is 12.6. The molecular formula is C23H20ClNO4. The molecule has 6 heteroatoms. The summed E-state index contributed by atoms with van der Waals surface area (Å²) in [6, 6.07) is 20.5. The smallest absolute Gasteiger partial charge is 0.251 e. The fraction of sp³-hybridized carbons (Fsp3) is 0.174. The van der Waals surface area contributed by atoms with Crippen LogP contribution in [0.5, 0.6) is 11.5 Å². The van der Waals surface area contributed by atoms with Gasteiger partial charge < -0.3 is 19.5 Å². The maximum atomic E-state index is 12.5. The molecule has 0 atom stereocenters. The fourth-order valence-corrected chi connectivity index (χ4v) is 3.40. The van der Waals surface area contributed by atoms with E-state index in [9.17, 15) is 4.79 Å². The minimum absolute atomic E-state index is 0.153. The Hall–Kier alpha value is -3.02. The van der Waals surface area contributed by atoms with Gasteiger partial charge in [0, 0.05) is 28.3 Å². The van der Waals surface area contributed by atoms with Crippen molar-refractivity contribution in [2.45, 2.75) is 19.8 Å². The van der Waals surface area contributed by atoms with Crippen LogP contribution in [0.4, 0.5) is 0 Å². The molecular weight excluding hydrogens is 390 g/mol. The molecule has 0 bridgehead atoms. The van der Waals surface area contributed by atoms with E-state index in [0.717, 1.165) is 22.4 Å². The highest BCUT2D eigenvalue weighted by atomic mass is 35.5. The van der Waals surface area contributed by atoms with Gasteiger partial charge in [0.05, 0.1) is 6.61 Å². The van der Waals surface area contributed by atoms with E-state index in [2.05, 4.69) is 5.32 Å². The zero-order valence-corrected chi connectivity index (χ0v) is 16.4. The SMILES string of the molecule is O=C(NCc1ccccc1)c1cccc(OCc2cc(Cl)cc3c2OCOC3)c1. The lowest BCUT2D eigenvalue weighted by Gasteiger charge is -2.21. The molecule has 0 saturated heterocycles. The lowest BCUT2D eigenvalue weighted by Crippen LogP contribution is -2.22. The summed E-state index contributed by atoms with van der Waals surface area (Å²) < 4.78 is 16.8. The molecule has 1 amide bonds. The third-order valence-electron chi connectivity index (χ3n) is 4.54. The lowest BCUT2D eigenvalue weighted by molar-refractivity contribution is -0.0175. The Kier molecular flexibility index (Phi) is 5.98. The molecule has 0 fully saturated rings. The maximum Gasteiger partial charge on any atom is 0.251 e. The summed E-state index contributed by atoms with van der Waals surface area (Å²) in [5.74, 6) is 1.19. The standard InChI is InChI=1S/C23H20ClNO4/c24-20-9-18-13-27-15-29-22(18)19(10-20)14-28-21-8-4-7-17(11-21)23(26)25-12-16-5-2-1-3-6-16/h1-11H,12-15H2,(H,25,26). The molecule has 1 aliphatic heterocycles. The Balaban J connectivity index is 1.42. The molecule has 1 N–H and O–H groups in total. The molecule has 0 unspecified atom stereocenters. The van der Waals surface area contributed by atoms with E-state index in [-0.39, 0.29) is 19.3 Å². The third-order valence-corrected chi connectivity index (χ3v) is 4.76. The second-order valence-electron chi connectivity index (χ2n) is 6.65. The molecule has 0 saturated carbocycles. The molecule has 148 valence electrons. The summed E-state index contributed by atoms with van der Waals surface area (Å²) in [5, 5.41) is 3.52. The van der Waals surface area contributed by atoms with Gasteiger partial charge in [0.2, 0.25) is 0 Å². The molecule has 29 heavy (non-hydrogen) atoms. The molecule has 0 spiro atoms. The van der Waals surface area contributed by atoms with Crippen molar-refractivity contribution in [3.05, 3.63) is 94.0 Å². The predicted molar refractivity (Wildman–Crippen MR) is 110 cm³/mol. The first-order chi connectivity index (χ1) is 14.2. The number of hydrogen-bond donors (Lipinski definition) is 1. The summed E-state index contributed by atoms with van der Waals surface area (Å²) in [6.07, 6.45) is 0. The highest BCUT2D eigenvalue weighted by Gasteiger charge is 2.17. The molecule has 5 nitrogen and oxygen atoms in total. The van der Waals surface area contributed by atoms with Crippen LogP contribution in [0.1, 0.15) is 27.0 Å². The Morgan fingerprint density at radius 1 is 1.07 bits per heavy atom. The van der Waals surface area contributed by atoms with E-state index >= 15 is 0 Å². The number of benzene rings is 3. The topological polar surface area (TPSA) is 56.8 Å². The Morgan fingerprint density at radius 2 is 1.93 bits per heavy atom. The molecule has 3 aromatic rings. The first-order valence-corrected chi connectivity index (χ1v) is 9.63. The molecule has 1 heterocycles. The first-order valence-electron chi connectivity index (χ1n) is 9.26. The second kappa shape index (κ2) is 8.99. The molecule has 1 aliphatic rings. The van der Waals surface area contributed by atoms with Crippen LogP contribution >= 0.6 is 11.6 Å². The van der Waals surface area contributed by atoms with Gasteiger partial charge in [-0.1, -0.05) is 48.0 Å². The van der Waals surface area contributed by atoms with Gasteiger partial charge in [0.15, 0.2) is 6.79 Å². The van der Waals surface area contributed by atoms with E-state index in [4.69, 9.17) is 25.8 Å². The van der Waals surface area contributed by atoms with Crippen LogP contribution in [-0.2, 0) is 24.5 Å². The van der Waals surface area contributed by atoms with Crippen molar-refractivity contribution in [2.75, 3.05) is 6.79 Å². The Morgan fingerprint density at radius 3 is 2.79 bits per heavy atom. The van der Waals surface area contributed by atoms with Gasteiger partial charge in [-0.25, -0.2) is 0 Å². The van der Waals surface area contributed by atoms with Crippen LogP contribution in [0.3, 0.4) is 0 Å². The maximum absolute atomic E-state index is 12.5. The number of carbonyl (C=O) groups is 1. The van der Waals surface area contributed by atoms with Crippen LogP contribution < -0.4 is 14.8 Å². The van der Waals surface area contributed by atoms with E-state index in [1.807, 2.05) is 48.5 Å². The van der Waals surface area contributed by atoms with Crippen LogP contribution in [0, 0.1) is 0 Å². The Labute approximate surface area is 174 Å². The van der Waals surface area contributed by atoms with Crippen molar-refractivity contribution < 1.29 is 19.0 Å². The average Bonchev–Trinajstić information content (AvgIpc) is 2.76. The minimum atomic E-state index is -0.153. The lowest BCUT2D eigenvalue weighted by atomic mass is 10.1. The zero-order valence-electron chi connectivity index (χ0n) is 15.7. The van der Waals surface area contributed by atoms with E-state index in [1.165, 1.54) is 0 Å². The van der Waals surface area contributed by atoms with Gasteiger partial charge in [0.25, 0.3) is 5.91 Å². The van der Waals surface area contributed by atoms with Crippen LogP contribution in [-0.4, -0.2) is 12.7 Å².